The fourth-order valence-electron chi connectivity index (χ4n) is 1.96. The zero-order valence-corrected chi connectivity index (χ0v) is 10.7. The van der Waals surface area contributed by atoms with E-state index in [1.54, 1.807) is 4.57 Å². The van der Waals surface area contributed by atoms with Crippen molar-refractivity contribution in [3.05, 3.63) is 40.8 Å². The average molecular weight is 245 g/mol. The van der Waals surface area contributed by atoms with E-state index >= 15 is 0 Å². The average Bonchev–Trinajstić information content (AvgIpc) is 2.41. The Balaban J connectivity index is 2.12. The summed E-state index contributed by atoms with van der Waals surface area (Å²) >= 11 is 0. The first-order valence-corrected chi connectivity index (χ1v) is 6.48. The molecule has 0 saturated carbocycles. The Morgan fingerprint density at radius 3 is 2.94 bits per heavy atom. The van der Waals surface area contributed by atoms with Crippen molar-refractivity contribution in [3.63, 3.8) is 0 Å². The number of benzene rings is 1. The van der Waals surface area contributed by atoms with Gasteiger partial charge in [0.2, 0.25) is 0 Å². The van der Waals surface area contributed by atoms with Crippen LogP contribution in [0.3, 0.4) is 0 Å². The lowest BCUT2D eigenvalue weighted by molar-refractivity contribution is 0.579. The Bertz CT molecular complexity index is 562. The van der Waals surface area contributed by atoms with Crippen molar-refractivity contribution >= 4 is 11.0 Å². The van der Waals surface area contributed by atoms with Crippen LogP contribution in [0.4, 0.5) is 0 Å². The minimum absolute atomic E-state index is 0.0361. The Hall–Kier alpha value is -1.68. The van der Waals surface area contributed by atoms with Crippen LogP contribution < -0.4 is 10.9 Å². The number of rotatable bonds is 6. The van der Waals surface area contributed by atoms with Crippen LogP contribution in [-0.4, -0.2) is 22.6 Å². The highest BCUT2D eigenvalue weighted by Crippen LogP contribution is 2.07. The van der Waals surface area contributed by atoms with Crippen LogP contribution in [0, 0.1) is 0 Å². The third kappa shape index (κ3) is 2.96. The van der Waals surface area contributed by atoms with E-state index in [0.717, 1.165) is 24.1 Å². The minimum atomic E-state index is -0.0361. The third-order valence-electron chi connectivity index (χ3n) is 2.97. The predicted molar refractivity (Wildman–Crippen MR) is 73.8 cm³/mol. The molecule has 1 aromatic carbocycles. The number of hydrogen-bond donors (Lipinski definition) is 1. The summed E-state index contributed by atoms with van der Waals surface area (Å²) in [5.74, 6) is 0. The zero-order chi connectivity index (χ0) is 12.8. The topological polar surface area (TPSA) is 46.9 Å². The van der Waals surface area contributed by atoms with Crippen LogP contribution in [-0.2, 0) is 6.54 Å². The Kier molecular flexibility index (Phi) is 4.47. The number of fused-ring (bicyclic) bond motifs is 1. The predicted octanol–water partition coefficient (Wildman–Crippen LogP) is 1.79. The number of hydrogen-bond acceptors (Lipinski definition) is 3. The molecule has 18 heavy (non-hydrogen) atoms. The van der Waals surface area contributed by atoms with Crippen molar-refractivity contribution in [2.24, 2.45) is 0 Å². The summed E-state index contributed by atoms with van der Waals surface area (Å²) in [7, 11) is 0. The Labute approximate surface area is 107 Å². The molecule has 1 N–H and O–H groups in total. The fourth-order valence-corrected chi connectivity index (χ4v) is 1.96. The monoisotopic (exact) mass is 245 g/mol. The molecule has 4 nitrogen and oxygen atoms in total. The van der Waals surface area contributed by atoms with E-state index in [9.17, 15) is 4.79 Å². The summed E-state index contributed by atoms with van der Waals surface area (Å²) in [4.78, 5) is 16.0. The molecule has 0 amide bonds. The number of unbranched alkanes of at least 4 members (excludes halogenated alkanes) is 1. The quantitative estimate of drug-likeness (QED) is 0.789. The Morgan fingerprint density at radius 2 is 2.11 bits per heavy atom. The van der Waals surface area contributed by atoms with Crippen molar-refractivity contribution in [1.29, 1.82) is 0 Å². The first-order chi connectivity index (χ1) is 8.83. The van der Waals surface area contributed by atoms with Gasteiger partial charge in [0, 0.05) is 13.1 Å². The van der Waals surface area contributed by atoms with Gasteiger partial charge in [-0.1, -0.05) is 25.5 Å². The van der Waals surface area contributed by atoms with E-state index in [1.165, 1.54) is 19.0 Å². The van der Waals surface area contributed by atoms with E-state index in [-0.39, 0.29) is 5.56 Å². The second-order valence-corrected chi connectivity index (χ2v) is 4.34. The molecular weight excluding hydrogens is 226 g/mol. The fraction of sp³-hybridized carbons (Fsp3) is 0.429. The first-order valence-electron chi connectivity index (χ1n) is 6.48. The molecule has 0 radical (unpaired) electrons. The smallest absolute Gasteiger partial charge is 0.269 e. The van der Waals surface area contributed by atoms with Crippen LogP contribution in [0.2, 0.25) is 0 Å². The Morgan fingerprint density at radius 1 is 1.28 bits per heavy atom. The third-order valence-corrected chi connectivity index (χ3v) is 2.97. The molecule has 0 aliphatic rings. The summed E-state index contributed by atoms with van der Waals surface area (Å²) in [6.45, 7) is 4.68. The van der Waals surface area contributed by atoms with Crippen molar-refractivity contribution in [2.75, 3.05) is 13.1 Å². The molecule has 0 bridgehead atoms. The molecule has 4 heteroatoms. The molecule has 0 aliphatic heterocycles. The first kappa shape index (κ1) is 12.8. The molecule has 96 valence electrons. The van der Waals surface area contributed by atoms with Crippen molar-refractivity contribution < 1.29 is 0 Å². The van der Waals surface area contributed by atoms with Crippen molar-refractivity contribution in [2.45, 2.75) is 26.3 Å². The largest absolute Gasteiger partial charge is 0.315 e. The normalized spacial score (nSPS) is 10.9. The summed E-state index contributed by atoms with van der Waals surface area (Å²) in [5, 5.41) is 3.35. The summed E-state index contributed by atoms with van der Waals surface area (Å²) in [6.07, 6.45) is 3.76. The van der Waals surface area contributed by atoms with E-state index in [1.807, 2.05) is 24.3 Å². The number of nitrogens with zero attached hydrogens (tertiary/aromatic N) is 2. The standard InChI is InChI=1S/C14H19N3O/c1-2-3-8-15-9-10-17-13-7-5-4-6-12(13)16-11-14(17)18/h4-7,11,15H,2-3,8-10H2,1H3. The van der Waals surface area contributed by atoms with E-state index in [4.69, 9.17) is 0 Å². The van der Waals surface area contributed by atoms with E-state index in [0.29, 0.717) is 6.54 Å². The zero-order valence-electron chi connectivity index (χ0n) is 10.7. The number of nitrogens with one attached hydrogen (secondary N) is 1. The van der Waals surface area contributed by atoms with Gasteiger partial charge in [0.25, 0.3) is 5.56 Å². The second-order valence-electron chi connectivity index (χ2n) is 4.34. The molecule has 0 fully saturated rings. The molecule has 0 saturated heterocycles. The summed E-state index contributed by atoms with van der Waals surface area (Å²) in [6, 6.07) is 7.74. The molecule has 2 aromatic rings. The highest BCUT2D eigenvalue weighted by atomic mass is 16.1. The number of para-hydroxylation sites is 2. The van der Waals surface area contributed by atoms with E-state index in [2.05, 4.69) is 17.2 Å². The van der Waals surface area contributed by atoms with Crippen LogP contribution in [0.25, 0.3) is 11.0 Å². The van der Waals surface area contributed by atoms with Crippen molar-refractivity contribution in [1.82, 2.24) is 14.9 Å². The molecule has 1 aromatic heterocycles. The van der Waals surface area contributed by atoms with Gasteiger partial charge in [-0.2, -0.15) is 0 Å². The van der Waals surface area contributed by atoms with Crippen LogP contribution in [0.1, 0.15) is 19.8 Å². The van der Waals surface area contributed by atoms with Crippen LogP contribution in [0.5, 0.6) is 0 Å². The molecule has 2 rings (SSSR count). The molecule has 0 spiro atoms. The highest BCUT2D eigenvalue weighted by molar-refractivity contribution is 5.74. The van der Waals surface area contributed by atoms with Crippen LogP contribution >= 0.6 is 0 Å². The lowest BCUT2D eigenvalue weighted by Gasteiger charge is -2.09. The van der Waals surface area contributed by atoms with Gasteiger partial charge in [0.1, 0.15) is 0 Å². The maximum atomic E-state index is 11.8. The van der Waals surface area contributed by atoms with Crippen LogP contribution in [0.15, 0.2) is 35.3 Å². The molecule has 0 aliphatic carbocycles. The SMILES string of the molecule is CCCCNCCn1c(=O)cnc2ccccc21. The van der Waals surface area contributed by atoms with Gasteiger partial charge in [0.05, 0.1) is 17.2 Å². The van der Waals surface area contributed by atoms with Gasteiger partial charge >= 0.3 is 0 Å². The maximum absolute atomic E-state index is 11.8. The summed E-state index contributed by atoms with van der Waals surface area (Å²) < 4.78 is 1.78. The van der Waals surface area contributed by atoms with Gasteiger partial charge < -0.3 is 9.88 Å². The molecule has 0 atom stereocenters. The van der Waals surface area contributed by atoms with Gasteiger partial charge in [-0.05, 0) is 25.1 Å². The molecular formula is C14H19N3O. The molecule has 0 unspecified atom stereocenters. The van der Waals surface area contributed by atoms with Gasteiger partial charge in [-0.3, -0.25) is 4.79 Å². The minimum Gasteiger partial charge on any atom is -0.315 e. The lowest BCUT2D eigenvalue weighted by atomic mass is 10.3. The van der Waals surface area contributed by atoms with Gasteiger partial charge in [-0.15, -0.1) is 0 Å². The van der Waals surface area contributed by atoms with Gasteiger partial charge in [0.15, 0.2) is 0 Å². The van der Waals surface area contributed by atoms with Gasteiger partial charge in [-0.25, -0.2) is 4.98 Å². The van der Waals surface area contributed by atoms with E-state index < -0.39 is 0 Å². The highest BCUT2D eigenvalue weighted by Gasteiger charge is 2.02. The lowest BCUT2D eigenvalue weighted by Crippen LogP contribution is -2.27. The summed E-state index contributed by atoms with van der Waals surface area (Å²) in [5.41, 5.74) is 1.74. The second kappa shape index (κ2) is 6.31. The number of aromatic nitrogens is 2. The maximum Gasteiger partial charge on any atom is 0.269 e. The molecule has 1 heterocycles. The van der Waals surface area contributed by atoms with Crippen molar-refractivity contribution in [3.8, 4) is 0 Å².